The quantitative estimate of drug-likeness (QED) is 0.787. The molecule has 17 heavy (non-hydrogen) atoms. The van der Waals surface area contributed by atoms with Crippen LogP contribution in [0.5, 0.6) is 5.75 Å². The Balaban J connectivity index is 2.00. The minimum Gasteiger partial charge on any atom is -0.489 e. The third-order valence-corrected chi connectivity index (χ3v) is 4.50. The zero-order valence-corrected chi connectivity index (χ0v) is 11.8. The van der Waals surface area contributed by atoms with Crippen LogP contribution in [-0.4, -0.2) is 13.7 Å². The molecule has 0 fully saturated rings. The molecule has 0 spiro atoms. The molecule has 2 heterocycles. The summed E-state index contributed by atoms with van der Waals surface area (Å²) in [6.45, 7) is 0.714. The van der Waals surface area contributed by atoms with Gasteiger partial charge in [-0.3, -0.25) is 0 Å². The van der Waals surface area contributed by atoms with Gasteiger partial charge in [-0.1, -0.05) is 22.0 Å². The Morgan fingerprint density at radius 1 is 1.41 bits per heavy atom. The van der Waals surface area contributed by atoms with E-state index in [1.165, 1.54) is 4.88 Å². The van der Waals surface area contributed by atoms with Crippen molar-refractivity contribution in [2.75, 3.05) is 18.6 Å². The molecule has 0 bridgehead atoms. The molecular weight excluding hydrogens is 298 g/mol. The zero-order valence-electron chi connectivity index (χ0n) is 9.39. The van der Waals surface area contributed by atoms with Gasteiger partial charge in [-0.05, 0) is 29.6 Å². The maximum Gasteiger partial charge on any atom is 0.142 e. The van der Waals surface area contributed by atoms with Crippen molar-refractivity contribution >= 4 is 33.0 Å². The van der Waals surface area contributed by atoms with E-state index in [4.69, 9.17) is 4.74 Å². The van der Waals surface area contributed by atoms with Gasteiger partial charge in [0.15, 0.2) is 0 Å². The second-order valence-electron chi connectivity index (χ2n) is 4.07. The molecule has 0 N–H and O–H groups in total. The second kappa shape index (κ2) is 4.35. The van der Waals surface area contributed by atoms with Crippen LogP contribution >= 0.6 is 27.3 Å². The summed E-state index contributed by atoms with van der Waals surface area (Å²) in [6.07, 6.45) is 0. The highest BCUT2D eigenvalue weighted by molar-refractivity contribution is 9.10. The lowest BCUT2D eigenvalue weighted by molar-refractivity contribution is 0.270. The summed E-state index contributed by atoms with van der Waals surface area (Å²) in [5.74, 6) is 0.962. The number of thiophene rings is 1. The van der Waals surface area contributed by atoms with Crippen LogP contribution in [0, 0.1) is 0 Å². The molecule has 0 saturated carbocycles. The maximum absolute atomic E-state index is 5.83. The van der Waals surface area contributed by atoms with Crippen LogP contribution in [-0.2, 0) is 0 Å². The lowest BCUT2D eigenvalue weighted by atomic mass is 10.1. The Morgan fingerprint density at radius 3 is 3.06 bits per heavy atom. The minimum absolute atomic E-state index is 0.316. The average Bonchev–Trinajstić information content (AvgIpc) is 2.84. The van der Waals surface area contributed by atoms with Crippen molar-refractivity contribution in [3.63, 3.8) is 0 Å². The fourth-order valence-corrected chi connectivity index (χ4v) is 3.29. The first-order chi connectivity index (χ1) is 8.25. The Bertz CT molecular complexity index is 526. The molecule has 4 heteroatoms. The molecule has 1 aromatic heterocycles. The first-order valence-corrected chi connectivity index (χ1v) is 7.11. The molecule has 1 aromatic carbocycles. The van der Waals surface area contributed by atoms with Gasteiger partial charge in [0.25, 0.3) is 0 Å². The molecule has 1 atom stereocenters. The van der Waals surface area contributed by atoms with E-state index in [1.807, 2.05) is 12.1 Å². The van der Waals surface area contributed by atoms with Crippen molar-refractivity contribution in [1.29, 1.82) is 0 Å². The van der Waals surface area contributed by atoms with Crippen LogP contribution in [0.1, 0.15) is 10.9 Å². The van der Waals surface area contributed by atoms with Crippen LogP contribution in [0.3, 0.4) is 0 Å². The number of hydrogen-bond donors (Lipinski definition) is 0. The number of ether oxygens (including phenoxy) is 1. The summed E-state index contributed by atoms with van der Waals surface area (Å²) in [5, 5.41) is 2.11. The average molecular weight is 310 g/mol. The van der Waals surface area contributed by atoms with Crippen LogP contribution in [0.4, 0.5) is 5.69 Å². The largest absolute Gasteiger partial charge is 0.489 e. The number of halogens is 1. The van der Waals surface area contributed by atoms with Crippen molar-refractivity contribution in [2.45, 2.75) is 6.04 Å². The van der Waals surface area contributed by atoms with Gasteiger partial charge >= 0.3 is 0 Å². The van der Waals surface area contributed by atoms with Crippen LogP contribution in [0.15, 0.2) is 40.2 Å². The third kappa shape index (κ3) is 1.96. The highest BCUT2D eigenvalue weighted by Gasteiger charge is 2.26. The summed E-state index contributed by atoms with van der Waals surface area (Å²) in [4.78, 5) is 3.63. The molecular formula is C13H12BrNOS. The van der Waals surface area contributed by atoms with Gasteiger partial charge < -0.3 is 9.64 Å². The summed E-state index contributed by atoms with van der Waals surface area (Å²) in [7, 11) is 2.12. The Hall–Kier alpha value is -1.00. The first-order valence-electron chi connectivity index (χ1n) is 5.44. The fraction of sp³-hybridized carbons (Fsp3) is 0.231. The highest BCUT2D eigenvalue weighted by atomic mass is 79.9. The molecule has 2 nitrogen and oxygen atoms in total. The minimum atomic E-state index is 0.316. The molecule has 1 unspecified atom stereocenters. The molecule has 3 rings (SSSR count). The van der Waals surface area contributed by atoms with Crippen LogP contribution in [0.2, 0.25) is 0 Å². The van der Waals surface area contributed by atoms with E-state index in [1.54, 1.807) is 11.3 Å². The lowest BCUT2D eigenvalue weighted by Gasteiger charge is -2.35. The Labute approximate surface area is 113 Å². The van der Waals surface area contributed by atoms with Crippen LogP contribution < -0.4 is 9.64 Å². The number of hydrogen-bond acceptors (Lipinski definition) is 3. The molecule has 2 aromatic rings. The molecule has 1 aliphatic rings. The molecule has 0 aliphatic carbocycles. The number of likely N-dealkylation sites (N-methyl/N-ethyl adjacent to an activating group) is 1. The predicted molar refractivity (Wildman–Crippen MR) is 75.1 cm³/mol. The van der Waals surface area contributed by atoms with E-state index < -0.39 is 0 Å². The van der Waals surface area contributed by atoms with E-state index in [0.717, 1.165) is 15.9 Å². The number of rotatable bonds is 1. The van der Waals surface area contributed by atoms with Crippen molar-refractivity contribution in [3.05, 3.63) is 45.1 Å². The molecule has 0 saturated heterocycles. The smallest absolute Gasteiger partial charge is 0.142 e. The van der Waals surface area contributed by atoms with E-state index in [0.29, 0.717) is 12.6 Å². The number of benzene rings is 1. The monoisotopic (exact) mass is 309 g/mol. The van der Waals surface area contributed by atoms with E-state index in [2.05, 4.69) is 51.5 Å². The van der Waals surface area contributed by atoms with Crippen molar-refractivity contribution in [3.8, 4) is 5.75 Å². The SMILES string of the molecule is CN1c2cc(Br)ccc2OCC1c1cccs1. The zero-order chi connectivity index (χ0) is 11.8. The van der Waals surface area contributed by atoms with Gasteiger partial charge in [0, 0.05) is 16.4 Å². The molecule has 88 valence electrons. The number of nitrogens with zero attached hydrogens (tertiary/aromatic N) is 1. The van der Waals surface area contributed by atoms with Gasteiger partial charge in [0.2, 0.25) is 0 Å². The van der Waals surface area contributed by atoms with Gasteiger partial charge in [0.05, 0.1) is 11.7 Å². The Morgan fingerprint density at radius 2 is 2.29 bits per heavy atom. The molecule has 0 radical (unpaired) electrons. The normalized spacial score (nSPS) is 18.7. The summed E-state index contributed by atoms with van der Waals surface area (Å²) < 4.78 is 6.91. The van der Waals surface area contributed by atoms with Gasteiger partial charge in [-0.2, -0.15) is 0 Å². The van der Waals surface area contributed by atoms with Crippen molar-refractivity contribution in [2.24, 2.45) is 0 Å². The van der Waals surface area contributed by atoms with E-state index >= 15 is 0 Å². The van der Waals surface area contributed by atoms with Crippen molar-refractivity contribution < 1.29 is 4.74 Å². The second-order valence-corrected chi connectivity index (χ2v) is 5.96. The topological polar surface area (TPSA) is 12.5 Å². The number of fused-ring (bicyclic) bond motifs is 1. The third-order valence-electron chi connectivity index (χ3n) is 3.04. The molecule has 1 aliphatic heterocycles. The summed E-state index contributed by atoms with van der Waals surface area (Å²) in [6, 6.07) is 10.7. The maximum atomic E-state index is 5.83. The standard InChI is InChI=1S/C13H12BrNOS/c1-15-10-7-9(14)4-5-12(10)16-8-11(15)13-3-2-6-17-13/h2-7,11H,8H2,1H3. The highest BCUT2D eigenvalue weighted by Crippen LogP contribution is 2.40. The van der Waals surface area contributed by atoms with Crippen molar-refractivity contribution in [1.82, 2.24) is 0 Å². The van der Waals surface area contributed by atoms with E-state index in [-0.39, 0.29) is 0 Å². The molecule has 0 amide bonds. The first kappa shape index (κ1) is 11.1. The van der Waals surface area contributed by atoms with Gasteiger partial charge in [0.1, 0.15) is 12.4 Å². The lowest BCUT2D eigenvalue weighted by Crippen LogP contribution is -2.32. The van der Waals surface area contributed by atoms with Gasteiger partial charge in [-0.25, -0.2) is 0 Å². The summed E-state index contributed by atoms with van der Waals surface area (Å²) >= 11 is 5.29. The predicted octanol–water partition coefficient (Wildman–Crippen LogP) is 4.08. The van der Waals surface area contributed by atoms with E-state index in [9.17, 15) is 0 Å². The fourth-order valence-electron chi connectivity index (χ4n) is 2.09. The summed E-state index contributed by atoms with van der Waals surface area (Å²) in [5.41, 5.74) is 1.14. The van der Waals surface area contributed by atoms with Gasteiger partial charge in [-0.15, -0.1) is 11.3 Å². The number of anilines is 1. The van der Waals surface area contributed by atoms with Crippen LogP contribution in [0.25, 0.3) is 0 Å². The Kier molecular flexibility index (Phi) is 2.84.